The molecule has 0 bridgehead atoms. The minimum atomic E-state index is -1.04. The molecule has 0 amide bonds. The molecule has 0 radical (unpaired) electrons. The molecule has 0 aliphatic carbocycles. The van der Waals surface area contributed by atoms with Crippen molar-refractivity contribution in [2.45, 2.75) is 19.1 Å². The highest BCUT2D eigenvalue weighted by molar-refractivity contribution is 9.09. The van der Waals surface area contributed by atoms with E-state index in [2.05, 4.69) is 20.9 Å². The van der Waals surface area contributed by atoms with Gasteiger partial charge in [0.25, 0.3) is 0 Å². The summed E-state index contributed by atoms with van der Waals surface area (Å²) >= 11 is 3.06. The molecule has 15 heavy (non-hydrogen) atoms. The molecule has 0 saturated carbocycles. The molecule has 1 aromatic rings. The van der Waals surface area contributed by atoms with Crippen LogP contribution in [0.5, 0.6) is 0 Å². The normalized spacial score (nSPS) is 14.7. The van der Waals surface area contributed by atoms with Crippen LogP contribution >= 0.6 is 15.9 Å². The summed E-state index contributed by atoms with van der Waals surface area (Å²) in [6.45, 7) is 1.44. The fraction of sp³-hybridized carbons (Fsp3) is 0.400. The Labute approximate surface area is 96.1 Å². The van der Waals surface area contributed by atoms with Crippen molar-refractivity contribution in [3.05, 3.63) is 29.6 Å². The van der Waals surface area contributed by atoms with E-state index in [9.17, 15) is 15.0 Å². The summed E-state index contributed by atoms with van der Waals surface area (Å²) in [5, 5.41) is 19.2. The smallest absolute Gasteiger partial charge is 0.161 e. The molecule has 0 aromatic carbocycles. The standard InChI is InChI=1S/C10H12BrNO3/c1-6(13)7-2-3-8(12-5-7)10(15)9(14)4-11/h2-3,5,9-10,14-15H,4H2,1H3. The molecular weight excluding hydrogens is 262 g/mol. The van der Waals surface area contributed by atoms with E-state index in [0.717, 1.165) is 0 Å². The fourth-order valence-electron chi connectivity index (χ4n) is 1.07. The molecule has 2 unspecified atom stereocenters. The number of hydrogen-bond donors (Lipinski definition) is 2. The van der Waals surface area contributed by atoms with E-state index in [-0.39, 0.29) is 11.1 Å². The van der Waals surface area contributed by atoms with Crippen molar-refractivity contribution in [1.29, 1.82) is 0 Å². The Morgan fingerprint density at radius 2 is 2.20 bits per heavy atom. The third-order valence-corrected chi connectivity index (χ3v) is 2.68. The van der Waals surface area contributed by atoms with Gasteiger partial charge in [-0.05, 0) is 19.1 Å². The lowest BCUT2D eigenvalue weighted by Crippen LogP contribution is -2.20. The van der Waals surface area contributed by atoms with Crippen LogP contribution in [0.3, 0.4) is 0 Å². The van der Waals surface area contributed by atoms with Crippen LogP contribution in [0, 0.1) is 0 Å². The maximum atomic E-state index is 11.0. The summed E-state index contributed by atoms with van der Waals surface area (Å²) in [5.41, 5.74) is 0.839. The van der Waals surface area contributed by atoms with Gasteiger partial charge in [-0.3, -0.25) is 9.78 Å². The first kappa shape index (κ1) is 12.3. The van der Waals surface area contributed by atoms with Crippen molar-refractivity contribution >= 4 is 21.7 Å². The van der Waals surface area contributed by atoms with Crippen molar-refractivity contribution in [2.24, 2.45) is 0 Å². The lowest BCUT2D eigenvalue weighted by molar-refractivity contribution is 0.0315. The number of aliphatic hydroxyl groups excluding tert-OH is 2. The number of Topliss-reactive ketones (excluding diaryl/α,β-unsaturated/α-hetero) is 1. The highest BCUT2D eigenvalue weighted by atomic mass is 79.9. The molecule has 4 nitrogen and oxygen atoms in total. The van der Waals surface area contributed by atoms with E-state index in [4.69, 9.17) is 0 Å². The van der Waals surface area contributed by atoms with E-state index in [1.165, 1.54) is 19.2 Å². The van der Waals surface area contributed by atoms with Crippen molar-refractivity contribution in [3.63, 3.8) is 0 Å². The maximum Gasteiger partial charge on any atom is 0.161 e. The summed E-state index contributed by atoms with van der Waals surface area (Å²) in [6, 6.07) is 3.11. The van der Waals surface area contributed by atoms with E-state index in [1.807, 2.05) is 0 Å². The Balaban J connectivity index is 2.84. The van der Waals surface area contributed by atoms with E-state index < -0.39 is 12.2 Å². The van der Waals surface area contributed by atoms with Crippen LogP contribution in [0.1, 0.15) is 29.1 Å². The molecule has 2 N–H and O–H groups in total. The zero-order chi connectivity index (χ0) is 11.4. The monoisotopic (exact) mass is 273 g/mol. The van der Waals surface area contributed by atoms with Crippen LogP contribution in [-0.4, -0.2) is 32.4 Å². The number of carbonyl (C=O) groups is 1. The number of rotatable bonds is 4. The lowest BCUT2D eigenvalue weighted by atomic mass is 10.1. The summed E-state index contributed by atoms with van der Waals surface area (Å²) in [5.74, 6) is -0.0791. The predicted octanol–water partition coefficient (Wildman–Crippen LogP) is 1.07. The van der Waals surface area contributed by atoms with Gasteiger partial charge in [0.15, 0.2) is 5.78 Å². The topological polar surface area (TPSA) is 70.4 Å². The van der Waals surface area contributed by atoms with Crippen molar-refractivity contribution in [2.75, 3.05) is 5.33 Å². The van der Waals surface area contributed by atoms with E-state index >= 15 is 0 Å². The molecule has 1 aromatic heterocycles. The molecule has 0 aliphatic heterocycles. The zero-order valence-electron chi connectivity index (χ0n) is 8.22. The third-order valence-electron chi connectivity index (χ3n) is 2.02. The average molecular weight is 274 g/mol. The second kappa shape index (κ2) is 5.34. The van der Waals surface area contributed by atoms with Crippen LogP contribution in [0.2, 0.25) is 0 Å². The summed E-state index contributed by atoms with van der Waals surface area (Å²) in [4.78, 5) is 14.9. The van der Waals surface area contributed by atoms with E-state index in [0.29, 0.717) is 11.3 Å². The van der Waals surface area contributed by atoms with E-state index in [1.54, 1.807) is 6.07 Å². The number of ketones is 1. The molecule has 2 atom stereocenters. The number of nitrogens with zero attached hydrogens (tertiary/aromatic N) is 1. The minimum Gasteiger partial charge on any atom is -0.389 e. The highest BCUT2D eigenvalue weighted by Gasteiger charge is 2.18. The van der Waals surface area contributed by atoms with Gasteiger partial charge in [0.2, 0.25) is 0 Å². The molecule has 0 fully saturated rings. The van der Waals surface area contributed by atoms with Gasteiger partial charge in [0.05, 0.1) is 11.8 Å². The van der Waals surface area contributed by atoms with Gasteiger partial charge in [0.1, 0.15) is 6.10 Å². The molecule has 1 heterocycles. The Morgan fingerprint density at radius 3 is 2.60 bits per heavy atom. The fourth-order valence-corrected chi connectivity index (χ4v) is 1.42. The number of alkyl halides is 1. The van der Waals surface area contributed by atoms with Crippen LogP contribution in [0.15, 0.2) is 18.3 Å². The van der Waals surface area contributed by atoms with Crippen molar-refractivity contribution in [1.82, 2.24) is 4.98 Å². The predicted molar refractivity (Wildman–Crippen MR) is 59.0 cm³/mol. The number of pyridine rings is 1. The lowest BCUT2D eigenvalue weighted by Gasteiger charge is -2.14. The Kier molecular flexibility index (Phi) is 4.38. The zero-order valence-corrected chi connectivity index (χ0v) is 9.81. The van der Waals surface area contributed by atoms with Gasteiger partial charge in [-0.15, -0.1) is 0 Å². The number of hydrogen-bond acceptors (Lipinski definition) is 4. The van der Waals surface area contributed by atoms with Gasteiger partial charge < -0.3 is 10.2 Å². The third kappa shape index (κ3) is 3.09. The molecule has 1 rings (SSSR count). The van der Waals surface area contributed by atoms with Crippen LogP contribution in [-0.2, 0) is 0 Å². The molecule has 0 saturated heterocycles. The van der Waals surface area contributed by atoms with Crippen LogP contribution < -0.4 is 0 Å². The second-order valence-electron chi connectivity index (χ2n) is 3.19. The van der Waals surface area contributed by atoms with Gasteiger partial charge in [-0.25, -0.2) is 0 Å². The Hall–Kier alpha value is -0.780. The van der Waals surface area contributed by atoms with Gasteiger partial charge in [-0.2, -0.15) is 0 Å². The molecule has 5 heteroatoms. The van der Waals surface area contributed by atoms with Gasteiger partial charge >= 0.3 is 0 Å². The Bertz CT molecular complexity index is 339. The molecule has 0 spiro atoms. The number of carbonyl (C=O) groups excluding carboxylic acids is 1. The second-order valence-corrected chi connectivity index (χ2v) is 3.84. The van der Waals surface area contributed by atoms with Crippen molar-refractivity contribution in [3.8, 4) is 0 Å². The Morgan fingerprint density at radius 1 is 1.53 bits per heavy atom. The average Bonchev–Trinajstić information content (AvgIpc) is 2.27. The van der Waals surface area contributed by atoms with Crippen LogP contribution in [0.4, 0.5) is 0 Å². The summed E-state index contributed by atoms with van der Waals surface area (Å²) < 4.78 is 0. The summed E-state index contributed by atoms with van der Waals surface area (Å²) in [6.07, 6.45) is -0.548. The largest absolute Gasteiger partial charge is 0.389 e. The number of aliphatic hydroxyl groups is 2. The number of halogens is 1. The summed E-state index contributed by atoms with van der Waals surface area (Å²) in [7, 11) is 0. The minimum absolute atomic E-state index is 0.0791. The quantitative estimate of drug-likeness (QED) is 0.636. The molecule has 0 aliphatic rings. The number of aromatic nitrogens is 1. The SMILES string of the molecule is CC(=O)c1ccc(C(O)C(O)CBr)nc1. The first-order valence-corrected chi connectivity index (χ1v) is 5.57. The van der Waals surface area contributed by atoms with Crippen molar-refractivity contribution < 1.29 is 15.0 Å². The van der Waals surface area contributed by atoms with Crippen LogP contribution in [0.25, 0.3) is 0 Å². The first-order valence-electron chi connectivity index (χ1n) is 4.45. The van der Waals surface area contributed by atoms with Gasteiger partial charge in [-0.1, -0.05) is 15.9 Å². The molecular formula is C10H12BrNO3. The molecule has 82 valence electrons. The maximum absolute atomic E-state index is 11.0. The highest BCUT2D eigenvalue weighted by Crippen LogP contribution is 2.16. The van der Waals surface area contributed by atoms with Gasteiger partial charge in [0, 0.05) is 17.1 Å². The first-order chi connectivity index (χ1) is 7.06.